The topological polar surface area (TPSA) is 95.6 Å². The smallest absolute Gasteiger partial charge is 0.282 e. The van der Waals surface area contributed by atoms with Gasteiger partial charge in [0.25, 0.3) is 5.89 Å². The van der Waals surface area contributed by atoms with Gasteiger partial charge >= 0.3 is 0 Å². The summed E-state index contributed by atoms with van der Waals surface area (Å²) in [4.78, 5) is 5.42. The van der Waals surface area contributed by atoms with Crippen molar-refractivity contribution >= 4 is 22.5 Å². The Bertz CT molecular complexity index is 897. The molecule has 23 heavy (non-hydrogen) atoms. The Morgan fingerprint density at radius 3 is 3.04 bits per heavy atom. The van der Waals surface area contributed by atoms with Crippen molar-refractivity contribution in [2.45, 2.75) is 13.3 Å². The lowest BCUT2D eigenvalue weighted by molar-refractivity contribution is 0.427. The SMILES string of the molecule is Cc1cccc(-n2nnc(-c3nc(C4=CCCS4)no3)c2N)c1. The van der Waals surface area contributed by atoms with Gasteiger partial charge < -0.3 is 10.3 Å². The molecule has 3 aromatic rings. The second-order valence-corrected chi connectivity index (χ2v) is 6.34. The number of nitrogen functional groups attached to an aromatic ring is 1. The quantitative estimate of drug-likeness (QED) is 0.790. The third-order valence-electron chi connectivity index (χ3n) is 3.51. The predicted molar refractivity (Wildman–Crippen MR) is 88.9 cm³/mol. The summed E-state index contributed by atoms with van der Waals surface area (Å²) in [6, 6.07) is 7.85. The summed E-state index contributed by atoms with van der Waals surface area (Å²) in [5, 5.41) is 12.2. The van der Waals surface area contributed by atoms with Crippen LogP contribution >= 0.6 is 11.8 Å². The Kier molecular flexibility index (Phi) is 3.38. The van der Waals surface area contributed by atoms with E-state index in [4.69, 9.17) is 10.3 Å². The van der Waals surface area contributed by atoms with Gasteiger partial charge in [-0.2, -0.15) is 9.67 Å². The van der Waals surface area contributed by atoms with Crippen LogP contribution < -0.4 is 5.73 Å². The van der Waals surface area contributed by atoms with E-state index in [1.54, 1.807) is 16.4 Å². The van der Waals surface area contributed by atoms with Crippen LogP contribution in [0, 0.1) is 6.92 Å². The number of hydrogen-bond acceptors (Lipinski definition) is 7. The first-order valence-corrected chi connectivity index (χ1v) is 8.16. The van der Waals surface area contributed by atoms with Gasteiger partial charge in [0.2, 0.25) is 5.82 Å². The summed E-state index contributed by atoms with van der Waals surface area (Å²) in [5.41, 5.74) is 8.53. The molecule has 0 spiro atoms. The molecule has 0 atom stereocenters. The normalized spacial score (nSPS) is 14.2. The summed E-state index contributed by atoms with van der Waals surface area (Å²) >= 11 is 1.72. The zero-order valence-corrected chi connectivity index (χ0v) is 13.2. The summed E-state index contributed by atoms with van der Waals surface area (Å²) in [7, 11) is 0. The molecular formula is C15H14N6OS. The molecule has 0 fully saturated rings. The zero-order valence-electron chi connectivity index (χ0n) is 12.4. The number of rotatable bonds is 3. The van der Waals surface area contributed by atoms with Crippen LogP contribution in [0.2, 0.25) is 0 Å². The Morgan fingerprint density at radius 2 is 2.26 bits per heavy atom. The van der Waals surface area contributed by atoms with E-state index in [2.05, 4.69) is 26.5 Å². The molecule has 0 bridgehead atoms. The zero-order chi connectivity index (χ0) is 15.8. The standard InChI is InChI=1S/C15H14N6OS/c1-9-4-2-5-10(8-9)21-13(16)12(18-20-21)15-17-14(19-22-15)11-6-3-7-23-11/h2,4-6,8H,3,7,16H2,1H3. The fourth-order valence-electron chi connectivity index (χ4n) is 2.39. The number of hydrogen-bond donors (Lipinski definition) is 1. The number of benzene rings is 1. The van der Waals surface area contributed by atoms with Crippen LogP contribution in [-0.2, 0) is 0 Å². The third kappa shape index (κ3) is 2.50. The largest absolute Gasteiger partial charge is 0.382 e. The number of aryl methyl sites for hydroxylation is 1. The highest BCUT2D eigenvalue weighted by molar-refractivity contribution is 8.08. The van der Waals surface area contributed by atoms with E-state index in [1.165, 1.54) is 0 Å². The molecule has 0 aliphatic carbocycles. The van der Waals surface area contributed by atoms with Gasteiger partial charge in [0.05, 0.1) is 10.6 Å². The van der Waals surface area contributed by atoms with E-state index in [0.29, 0.717) is 17.3 Å². The van der Waals surface area contributed by atoms with Crippen molar-refractivity contribution in [3.8, 4) is 17.3 Å². The van der Waals surface area contributed by atoms with E-state index in [1.807, 2.05) is 31.2 Å². The second kappa shape index (κ2) is 5.54. The molecule has 0 amide bonds. The van der Waals surface area contributed by atoms with Gasteiger partial charge in [0.1, 0.15) is 0 Å². The summed E-state index contributed by atoms with van der Waals surface area (Å²) < 4.78 is 6.87. The lowest BCUT2D eigenvalue weighted by Gasteiger charge is -2.03. The van der Waals surface area contributed by atoms with Crippen LogP contribution in [0.3, 0.4) is 0 Å². The van der Waals surface area contributed by atoms with Gasteiger partial charge in [-0.1, -0.05) is 28.6 Å². The van der Waals surface area contributed by atoms with Crippen molar-refractivity contribution in [2.24, 2.45) is 0 Å². The summed E-state index contributed by atoms with van der Waals surface area (Å²) in [6.45, 7) is 2.01. The maximum Gasteiger partial charge on any atom is 0.282 e. The van der Waals surface area contributed by atoms with Crippen molar-refractivity contribution in [3.05, 3.63) is 41.7 Å². The first-order valence-electron chi connectivity index (χ1n) is 7.18. The molecule has 0 saturated carbocycles. The molecule has 8 heteroatoms. The van der Waals surface area contributed by atoms with E-state index >= 15 is 0 Å². The van der Waals surface area contributed by atoms with Crippen molar-refractivity contribution in [1.29, 1.82) is 0 Å². The molecule has 0 radical (unpaired) electrons. The highest BCUT2D eigenvalue weighted by Gasteiger charge is 2.21. The molecular weight excluding hydrogens is 312 g/mol. The fourth-order valence-corrected chi connectivity index (χ4v) is 3.29. The summed E-state index contributed by atoms with van der Waals surface area (Å²) in [6.07, 6.45) is 3.13. The number of thioether (sulfide) groups is 1. The van der Waals surface area contributed by atoms with Crippen LogP contribution in [0.5, 0.6) is 0 Å². The molecule has 116 valence electrons. The van der Waals surface area contributed by atoms with Crippen LogP contribution in [0.1, 0.15) is 17.8 Å². The van der Waals surface area contributed by atoms with Crippen LogP contribution in [0.25, 0.3) is 22.2 Å². The van der Waals surface area contributed by atoms with Gasteiger partial charge in [-0.05, 0) is 31.0 Å². The highest BCUT2D eigenvalue weighted by atomic mass is 32.2. The molecule has 2 aromatic heterocycles. The fraction of sp³-hybridized carbons (Fsp3) is 0.200. The van der Waals surface area contributed by atoms with E-state index in [-0.39, 0.29) is 5.89 Å². The van der Waals surface area contributed by atoms with Gasteiger partial charge in [0.15, 0.2) is 11.5 Å². The number of nitrogens with zero attached hydrogens (tertiary/aromatic N) is 5. The van der Waals surface area contributed by atoms with E-state index in [9.17, 15) is 0 Å². The van der Waals surface area contributed by atoms with Crippen molar-refractivity contribution in [3.63, 3.8) is 0 Å². The molecule has 3 heterocycles. The Balaban J connectivity index is 1.71. The van der Waals surface area contributed by atoms with Gasteiger partial charge in [0, 0.05) is 5.75 Å². The van der Waals surface area contributed by atoms with Gasteiger partial charge in [-0.3, -0.25) is 0 Å². The molecule has 0 unspecified atom stereocenters. The highest BCUT2D eigenvalue weighted by Crippen LogP contribution is 2.33. The van der Waals surface area contributed by atoms with E-state index < -0.39 is 0 Å². The van der Waals surface area contributed by atoms with Crippen molar-refractivity contribution < 1.29 is 4.52 Å². The van der Waals surface area contributed by atoms with Crippen molar-refractivity contribution in [2.75, 3.05) is 11.5 Å². The molecule has 4 rings (SSSR count). The number of aromatic nitrogens is 5. The maximum absolute atomic E-state index is 6.17. The lowest BCUT2D eigenvalue weighted by atomic mass is 10.2. The number of allylic oxidation sites excluding steroid dienone is 1. The molecule has 1 aliphatic heterocycles. The molecule has 1 aliphatic rings. The lowest BCUT2D eigenvalue weighted by Crippen LogP contribution is -2.02. The van der Waals surface area contributed by atoms with Crippen molar-refractivity contribution in [1.82, 2.24) is 25.1 Å². The second-order valence-electron chi connectivity index (χ2n) is 5.20. The molecule has 7 nitrogen and oxygen atoms in total. The molecule has 2 N–H and O–H groups in total. The number of anilines is 1. The predicted octanol–water partition coefficient (Wildman–Crippen LogP) is 2.69. The Morgan fingerprint density at radius 1 is 1.35 bits per heavy atom. The average Bonchev–Trinajstić information content (AvgIpc) is 3.27. The Hall–Kier alpha value is -2.61. The van der Waals surface area contributed by atoms with Gasteiger partial charge in [-0.15, -0.1) is 16.9 Å². The monoisotopic (exact) mass is 326 g/mol. The van der Waals surface area contributed by atoms with Crippen LogP contribution in [-0.4, -0.2) is 30.9 Å². The summed E-state index contributed by atoms with van der Waals surface area (Å²) in [5.74, 6) is 2.28. The molecule has 0 saturated heterocycles. The van der Waals surface area contributed by atoms with Crippen LogP contribution in [0.15, 0.2) is 34.9 Å². The minimum atomic E-state index is 0.282. The average molecular weight is 326 g/mol. The number of nitrogens with two attached hydrogens (primary N) is 1. The first-order chi connectivity index (χ1) is 11.2. The Labute approximate surface area is 136 Å². The molecule has 1 aromatic carbocycles. The first kappa shape index (κ1) is 14.0. The van der Waals surface area contributed by atoms with E-state index in [0.717, 1.165) is 28.3 Å². The van der Waals surface area contributed by atoms with Gasteiger partial charge in [-0.25, -0.2) is 0 Å². The van der Waals surface area contributed by atoms with Crippen LogP contribution in [0.4, 0.5) is 5.82 Å². The minimum absolute atomic E-state index is 0.282. The minimum Gasteiger partial charge on any atom is -0.382 e. The third-order valence-corrected chi connectivity index (χ3v) is 4.61. The maximum atomic E-state index is 6.17.